The number of rotatable bonds is 6. The number of hydrogen-bond acceptors (Lipinski definition) is 3. The first-order valence-electron chi connectivity index (χ1n) is 6.41. The van der Waals surface area contributed by atoms with Crippen molar-refractivity contribution in [3.8, 4) is 0 Å². The number of urea groups is 1. The van der Waals surface area contributed by atoms with Crippen molar-refractivity contribution in [2.45, 2.75) is 46.8 Å². The summed E-state index contributed by atoms with van der Waals surface area (Å²) in [6.07, 6.45) is 0.109. The zero-order valence-corrected chi connectivity index (χ0v) is 12.7. The Morgan fingerprint density at radius 2 is 1.84 bits per heavy atom. The third kappa shape index (κ3) is 7.00. The Morgan fingerprint density at radius 3 is 2.21 bits per heavy atom. The average molecular weight is 274 g/mol. The molecule has 0 bridgehead atoms. The molecule has 6 heteroatoms. The third-order valence-corrected chi connectivity index (χ3v) is 2.61. The Bertz CT molecular complexity index is 310. The number of likely N-dealkylation sites (N-methyl/N-ethyl adjacent to an activating group) is 1. The van der Waals surface area contributed by atoms with Gasteiger partial charge in [-0.15, -0.1) is 0 Å². The second kappa shape index (κ2) is 7.33. The van der Waals surface area contributed by atoms with Gasteiger partial charge in [-0.1, -0.05) is 20.8 Å². The highest BCUT2D eigenvalue weighted by atomic mass is 16.5. The number of amides is 2. The maximum absolute atomic E-state index is 11.9. The summed E-state index contributed by atoms with van der Waals surface area (Å²) in [4.78, 5) is 24.4. The van der Waals surface area contributed by atoms with Crippen molar-refractivity contribution >= 4 is 12.0 Å². The number of hydrogen-bond donors (Lipinski definition) is 2. The van der Waals surface area contributed by atoms with Crippen molar-refractivity contribution in [2.24, 2.45) is 5.41 Å². The molecular weight excluding hydrogens is 248 g/mol. The molecule has 0 aliphatic carbocycles. The summed E-state index contributed by atoms with van der Waals surface area (Å²) in [6.45, 7) is 9.99. The Hall–Kier alpha value is -1.30. The van der Waals surface area contributed by atoms with Gasteiger partial charge in [0.15, 0.2) is 0 Å². The van der Waals surface area contributed by atoms with Crippen molar-refractivity contribution in [1.82, 2.24) is 10.2 Å². The number of aliphatic carboxylic acids is 1. The van der Waals surface area contributed by atoms with E-state index in [1.54, 1.807) is 27.8 Å². The highest BCUT2D eigenvalue weighted by Gasteiger charge is 2.33. The predicted molar refractivity (Wildman–Crippen MR) is 73.1 cm³/mol. The van der Waals surface area contributed by atoms with Crippen LogP contribution in [0.1, 0.15) is 34.6 Å². The Balaban J connectivity index is 4.37. The van der Waals surface area contributed by atoms with Crippen LogP contribution in [0.25, 0.3) is 0 Å². The molecule has 0 heterocycles. The van der Waals surface area contributed by atoms with E-state index in [-0.39, 0.29) is 6.10 Å². The number of carbonyl (C=O) groups excluding carboxylic acids is 1. The second-order valence-corrected chi connectivity index (χ2v) is 5.93. The molecule has 1 atom stereocenters. The number of nitrogens with zero attached hydrogens (tertiary/aromatic N) is 1. The Morgan fingerprint density at radius 1 is 1.32 bits per heavy atom. The lowest BCUT2D eigenvalue weighted by atomic mass is 9.87. The molecule has 0 aromatic rings. The lowest BCUT2D eigenvalue weighted by molar-refractivity contribution is -0.142. The third-order valence-electron chi connectivity index (χ3n) is 2.61. The van der Waals surface area contributed by atoms with Crippen molar-refractivity contribution in [1.29, 1.82) is 0 Å². The van der Waals surface area contributed by atoms with E-state index in [0.29, 0.717) is 13.2 Å². The van der Waals surface area contributed by atoms with E-state index < -0.39 is 23.5 Å². The molecule has 0 saturated carbocycles. The molecule has 2 N–H and O–H groups in total. The van der Waals surface area contributed by atoms with Crippen molar-refractivity contribution in [2.75, 3.05) is 20.2 Å². The van der Waals surface area contributed by atoms with Gasteiger partial charge in [0.1, 0.15) is 6.04 Å². The van der Waals surface area contributed by atoms with Gasteiger partial charge in [0.05, 0.1) is 12.7 Å². The van der Waals surface area contributed by atoms with E-state index in [0.717, 1.165) is 0 Å². The summed E-state index contributed by atoms with van der Waals surface area (Å²) in [7, 11) is 1.61. The molecule has 0 rings (SSSR count). The zero-order valence-electron chi connectivity index (χ0n) is 12.7. The highest BCUT2D eigenvalue weighted by molar-refractivity contribution is 5.83. The summed E-state index contributed by atoms with van der Waals surface area (Å²) < 4.78 is 5.34. The molecule has 0 fully saturated rings. The molecule has 0 spiro atoms. The smallest absolute Gasteiger partial charge is 0.326 e. The van der Waals surface area contributed by atoms with E-state index in [9.17, 15) is 9.59 Å². The van der Waals surface area contributed by atoms with E-state index >= 15 is 0 Å². The van der Waals surface area contributed by atoms with Crippen LogP contribution in [0.2, 0.25) is 0 Å². The van der Waals surface area contributed by atoms with E-state index in [4.69, 9.17) is 9.84 Å². The van der Waals surface area contributed by atoms with Crippen LogP contribution in [-0.2, 0) is 9.53 Å². The minimum atomic E-state index is -1.03. The van der Waals surface area contributed by atoms with Crippen molar-refractivity contribution in [3.63, 3.8) is 0 Å². The molecular formula is C13H26N2O4. The van der Waals surface area contributed by atoms with Crippen molar-refractivity contribution in [3.05, 3.63) is 0 Å². The van der Waals surface area contributed by atoms with Gasteiger partial charge in [-0.3, -0.25) is 0 Å². The largest absolute Gasteiger partial charge is 0.480 e. The standard InChI is InChI=1S/C13H26N2O4/c1-9(2)19-8-7-15(6)12(18)14-10(11(16)17)13(3,4)5/h9-10H,7-8H2,1-6H3,(H,14,18)(H,16,17)/t10-/m1/s1. The number of nitrogens with one attached hydrogen (secondary N) is 1. The molecule has 19 heavy (non-hydrogen) atoms. The van der Waals surface area contributed by atoms with Gasteiger partial charge in [-0.2, -0.15) is 0 Å². The molecule has 0 unspecified atom stereocenters. The van der Waals surface area contributed by atoms with E-state index in [1.165, 1.54) is 4.90 Å². The number of carbonyl (C=O) groups is 2. The van der Waals surface area contributed by atoms with Gasteiger partial charge in [-0.25, -0.2) is 9.59 Å². The van der Waals surface area contributed by atoms with Gasteiger partial charge < -0.3 is 20.1 Å². The van der Waals surface area contributed by atoms with Gasteiger partial charge in [0.2, 0.25) is 0 Å². The maximum Gasteiger partial charge on any atom is 0.326 e. The predicted octanol–water partition coefficient (Wildman–Crippen LogP) is 1.55. The SMILES string of the molecule is CC(C)OCCN(C)C(=O)N[C@H](C(=O)O)C(C)(C)C. The summed E-state index contributed by atoms with van der Waals surface area (Å²) in [6, 6.07) is -1.33. The molecule has 0 saturated heterocycles. The van der Waals surface area contributed by atoms with Crippen LogP contribution in [0.3, 0.4) is 0 Å². The number of carboxylic acid groups (broad SMARTS) is 1. The van der Waals surface area contributed by atoms with E-state index in [2.05, 4.69) is 5.32 Å². The lowest BCUT2D eigenvalue weighted by Gasteiger charge is -2.29. The average Bonchev–Trinajstić information content (AvgIpc) is 2.22. The molecule has 0 aliphatic rings. The quantitative estimate of drug-likeness (QED) is 0.770. The topological polar surface area (TPSA) is 78.9 Å². The van der Waals surface area contributed by atoms with Gasteiger partial charge >= 0.3 is 12.0 Å². The fourth-order valence-electron chi connectivity index (χ4n) is 1.41. The fraction of sp³-hybridized carbons (Fsp3) is 0.846. The van der Waals surface area contributed by atoms with Crippen LogP contribution in [0.5, 0.6) is 0 Å². The molecule has 0 aromatic heterocycles. The van der Waals surface area contributed by atoms with E-state index in [1.807, 2.05) is 13.8 Å². The normalized spacial score (nSPS) is 13.2. The minimum absolute atomic E-state index is 0.109. The first kappa shape index (κ1) is 17.7. The number of ether oxygens (including phenoxy) is 1. The molecule has 0 radical (unpaired) electrons. The van der Waals surface area contributed by atoms with Gasteiger partial charge in [0, 0.05) is 13.6 Å². The van der Waals surface area contributed by atoms with Gasteiger partial charge in [-0.05, 0) is 19.3 Å². The summed E-state index contributed by atoms with van der Waals surface area (Å²) in [5.74, 6) is -1.03. The number of carboxylic acids is 1. The second-order valence-electron chi connectivity index (χ2n) is 5.93. The summed E-state index contributed by atoms with van der Waals surface area (Å²) in [5, 5.41) is 11.7. The van der Waals surface area contributed by atoms with Crippen LogP contribution >= 0.6 is 0 Å². The molecule has 0 aliphatic heterocycles. The van der Waals surface area contributed by atoms with Gasteiger partial charge in [0.25, 0.3) is 0 Å². The van der Waals surface area contributed by atoms with Crippen LogP contribution in [0, 0.1) is 5.41 Å². The monoisotopic (exact) mass is 274 g/mol. The summed E-state index contributed by atoms with van der Waals surface area (Å²) >= 11 is 0. The first-order valence-corrected chi connectivity index (χ1v) is 6.41. The van der Waals surface area contributed by atoms with Crippen LogP contribution in [0.15, 0.2) is 0 Å². The van der Waals surface area contributed by atoms with Crippen LogP contribution < -0.4 is 5.32 Å². The Kier molecular flexibility index (Phi) is 6.83. The summed E-state index contributed by atoms with van der Waals surface area (Å²) in [5.41, 5.74) is -0.545. The molecule has 0 aromatic carbocycles. The minimum Gasteiger partial charge on any atom is -0.480 e. The van der Waals surface area contributed by atoms with Crippen LogP contribution in [-0.4, -0.2) is 54.4 Å². The maximum atomic E-state index is 11.9. The first-order chi connectivity index (χ1) is 8.55. The Labute approximate surface area is 115 Å². The molecule has 6 nitrogen and oxygen atoms in total. The lowest BCUT2D eigenvalue weighted by Crippen LogP contribution is -2.53. The molecule has 112 valence electrons. The highest BCUT2D eigenvalue weighted by Crippen LogP contribution is 2.19. The molecule has 2 amide bonds. The zero-order chi connectivity index (χ0) is 15.2. The van der Waals surface area contributed by atoms with Crippen molar-refractivity contribution < 1.29 is 19.4 Å². The van der Waals surface area contributed by atoms with Crippen LogP contribution in [0.4, 0.5) is 4.79 Å². The fourth-order valence-corrected chi connectivity index (χ4v) is 1.41.